The van der Waals surface area contributed by atoms with Crippen LogP contribution in [0.4, 0.5) is 0 Å². The molecule has 1 heterocycles. The first-order valence-electron chi connectivity index (χ1n) is 12.0. The molecule has 1 unspecified atom stereocenters. The number of aromatic nitrogens is 3. The van der Waals surface area contributed by atoms with Gasteiger partial charge >= 0.3 is 0 Å². The maximum absolute atomic E-state index is 13.1. The van der Waals surface area contributed by atoms with Gasteiger partial charge in [-0.05, 0) is 50.2 Å². The van der Waals surface area contributed by atoms with Gasteiger partial charge in [0.05, 0.1) is 0 Å². The number of carbonyl (C=O) groups is 2. The summed E-state index contributed by atoms with van der Waals surface area (Å²) >= 11 is 0. The maximum Gasteiger partial charge on any atom is 0.220 e. The van der Waals surface area contributed by atoms with Crippen molar-refractivity contribution < 1.29 is 9.59 Å². The molecule has 0 aliphatic heterocycles. The van der Waals surface area contributed by atoms with Crippen molar-refractivity contribution in [2.45, 2.75) is 91.0 Å². The van der Waals surface area contributed by atoms with Gasteiger partial charge in [-0.2, -0.15) is 0 Å². The Labute approximate surface area is 192 Å². The second kappa shape index (κ2) is 10.9. The van der Waals surface area contributed by atoms with Crippen LogP contribution in [0.1, 0.15) is 92.7 Å². The number of amides is 1. The molecule has 1 aliphatic rings. The molecule has 1 aromatic heterocycles. The fourth-order valence-corrected chi connectivity index (χ4v) is 4.37. The van der Waals surface area contributed by atoms with Crippen LogP contribution in [0.2, 0.25) is 0 Å². The summed E-state index contributed by atoms with van der Waals surface area (Å²) in [4.78, 5) is 25.4. The molecule has 0 radical (unpaired) electrons. The van der Waals surface area contributed by atoms with E-state index in [1.54, 1.807) is 7.05 Å². The van der Waals surface area contributed by atoms with E-state index in [2.05, 4.69) is 46.9 Å². The van der Waals surface area contributed by atoms with Gasteiger partial charge in [-0.15, -0.1) is 10.2 Å². The standard InChI is InChI=1S/C26H38N4O2/c1-17(2)7-6-8-24-28-29-26(30(24)22-11-12-22)21(16-25(32)27-5)15-23(31)14-20-10-9-18(3)13-19(20)4/h9-10,13,17,21-22H,6-8,11-12,14-16H2,1-5H3,(H,27,32). The number of rotatable bonds is 12. The number of nitrogens with one attached hydrogen (secondary N) is 1. The molecule has 6 heteroatoms. The molecule has 3 rings (SSSR count). The molecular formula is C26H38N4O2. The fourth-order valence-electron chi connectivity index (χ4n) is 4.37. The molecule has 1 amide bonds. The summed E-state index contributed by atoms with van der Waals surface area (Å²) in [6.07, 6.45) is 6.30. The lowest BCUT2D eigenvalue weighted by Crippen LogP contribution is -2.24. The van der Waals surface area contributed by atoms with Crippen LogP contribution >= 0.6 is 0 Å². The molecule has 1 fully saturated rings. The average molecular weight is 439 g/mol. The third-order valence-electron chi connectivity index (χ3n) is 6.32. The second-order valence-corrected chi connectivity index (χ2v) is 9.79. The van der Waals surface area contributed by atoms with Crippen LogP contribution in [-0.2, 0) is 22.4 Å². The number of hydrogen-bond donors (Lipinski definition) is 1. The molecular weight excluding hydrogens is 400 g/mol. The van der Waals surface area contributed by atoms with Gasteiger partial charge in [0, 0.05) is 44.7 Å². The second-order valence-electron chi connectivity index (χ2n) is 9.79. The molecule has 1 aromatic carbocycles. The topological polar surface area (TPSA) is 76.9 Å². The highest BCUT2D eigenvalue weighted by atomic mass is 16.1. The van der Waals surface area contributed by atoms with Crippen LogP contribution in [0.5, 0.6) is 0 Å². The number of nitrogens with zero attached hydrogens (tertiary/aromatic N) is 3. The fraction of sp³-hybridized carbons (Fsp3) is 0.615. The average Bonchev–Trinajstić information content (AvgIpc) is 3.48. The van der Waals surface area contributed by atoms with Crippen LogP contribution in [0.25, 0.3) is 0 Å². The summed E-state index contributed by atoms with van der Waals surface area (Å²) in [6, 6.07) is 6.61. The van der Waals surface area contributed by atoms with Crippen LogP contribution in [-0.4, -0.2) is 33.5 Å². The minimum atomic E-state index is -0.250. The largest absolute Gasteiger partial charge is 0.359 e. The minimum Gasteiger partial charge on any atom is -0.359 e. The van der Waals surface area contributed by atoms with Crippen molar-refractivity contribution in [3.63, 3.8) is 0 Å². The van der Waals surface area contributed by atoms with E-state index in [1.165, 1.54) is 5.56 Å². The Bertz CT molecular complexity index is 943. The summed E-state index contributed by atoms with van der Waals surface area (Å²) in [6.45, 7) is 8.57. The molecule has 6 nitrogen and oxygen atoms in total. The van der Waals surface area contributed by atoms with E-state index in [4.69, 9.17) is 0 Å². The van der Waals surface area contributed by atoms with Crippen molar-refractivity contribution in [2.24, 2.45) is 5.92 Å². The predicted octanol–water partition coefficient (Wildman–Crippen LogP) is 4.63. The van der Waals surface area contributed by atoms with Crippen molar-refractivity contribution in [1.82, 2.24) is 20.1 Å². The van der Waals surface area contributed by atoms with Crippen LogP contribution in [0.3, 0.4) is 0 Å². The third kappa shape index (κ3) is 6.50. The van der Waals surface area contributed by atoms with Crippen molar-refractivity contribution in [3.8, 4) is 0 Å². The van der Waals surface area contributed by atoms with Crippen molar-refractivity contribution in [2.75, 3.05) is 7.05 Å². The third-order valence-corrected chi connectivity index (χ3v) is 6.32. The minimum absolute atomic E-state index is 0.0685. The zero-order valence-electron chi connectivity index (χ0n) is 20.3. The van der Waals surface area contributed by atoms with E-state index in [0.29, 0.717) is 24.8 Å². The zero-order chi connectivity index (χ0) is 23.3. The van der Waals surface area contributed by atoms with Crippen molar-refractivity contribution in [1.29, 1.82) is 0 Å². The Kier molecular flexibility index (Phi) is 8.21. The number of carbonyl (C=O) groups excluding carboxylic acids is 2. The Balaban J connectivity index is 1.79. The van der Waals surface area contributed by atoms with Crippen LogP contribution in [0.15, 0.2) is 18.2 Å². The number of ketones is 1. The van der Waals surface area contributed by atoms with E-state index in [0.717, 1.165) is 54.9 Å². The Morgan fingerprint density at radius 3 is 2.53 bits per heavy atom. The van der Waals surface area contributed by atoms with Gasteiger partial charge in [0.15, 0.2) is 0 Å². The van der Waals surface area contributed by atoms with Gasteiger partial charge in [0.2, 0.25) is 5.91 Å². The summed E-state index contributed by atoms with van der Waals surface area (Å²) in [7, 11) is 1.64. The lowest BCUT2D eigenvalue weighted by Gasteiger charge is -2.18. The lowest BCUT2D eigenvalue weighted by molar-refractivity contribution is -0.121. The monoisotopic (exact) mass is 438 g/mol. The summed E-state index contributed by atoms with van der Waals surface area (Å²) < 4.78 is 2.25. The van der Waals surface area contributed by atoms with Crippen molar-refractivity contribution in [3.05, 3.63) is 46.5 Å². The molecule has 2 aromatic rings. The molecule has 0 spiro atoms. The highest BCUT2D eigenvalue weighted by Gasteiger charge is 2.33. The van der Waals surface area contributed by atoms with E-state index >= 15 is 0 Å². The molecule has 1 N–H and O–H groups in total. The lowest BCUT2D eigenvalue weighted by atomic mass is 9.92. The van der Waals surface area contributed by atoms with E-state index in [-0.39, 0.29) is 24.0 Å². The SMILES string of the molecule is CNC(=O)CC(CC(=O)Cc1ccc(C)cc1C)c1nnc(CCCC(C)C)n1C1CC1. The molecule has 0 bridgehead atoms. The predicted molar refractivity (Wildman–Crippen MR) is 127 cm³/mol. The van der Waals surface area contributed by atoms with E-state index < -0.39 is 0 Å². The first-order chi connectivity index (χ1) is 15.3. The normalized spacial score (nSPS) is 14.6. The van der Waals surface area contributed by atoms with Gasteiger partial charge in [0.1, 0.15) is 17.4 Å². The van der Waals surface area contributed by atoms with Crippen LogP contribution < -0.4 is 5.32 Å². The maximum atomic E-state index is 13.1. The van der Waals surface area contributed by atoms with Crippen molar-refractivity contribution >= 4 is 11.7 Å². The zero-order valence-corrected chi connectivity index (χ0v) is 20.3. The Morgan fingerprint density at radius 1 is 1.16 bits per heavy atom. The van der Waals surface area contributed by atoms with Gasteiger partial charge < -0.3 is 9.88 Å². The molecule has 174 valence electrons. The highest BCUT2D eigenvalue weighted by Crippen LogP contribution is 2.39. The smallest absolute Gasteiger partial charge is 0.220 e. The van der Waals surface area contributed by atoms with Gasteiger partial charge in [-0.25, -0.2) is 0 Å². The highest BCUT2D eigenvalue weighted by molar-refractivity contribution is 5.83. The van der Waals surface area contributed by atoms with Gasteiger partial charge in [-0.3, -0.25) is 9.59 Å². The molecule has 0 saturated heterocycles. The van der Waals surface area contributed by atoms with E-state index in [9.17, 15) is 9.59 Å². The van der Waals surface area contributed by atoms with Crippen LogP contribution in [0, 0.1) is 19.8 Å². The number of benzene rings is 1. The quantitative estimate of drug-likeness (QED) is 0.524. The molecule has 32 heavy (non-hydrogen) atoms. The van der Waals surface area contributed by atoms with Gasteiger partial charge in [0.25, 0.3) is 0 Å². The molecule has 1 atom stereocenters. The summed E-state index contributed by atoms with van der Waals surface area (Å²) in [5.74, 6) is 2.30. The number of hydrogen-bond acceptors (Lipinski definition) is 4. The summed E-state index contributed by atoms with van der Waals surface area (Å²) in [5, 5.41) is 11.8. The van der Waals surface area contributed by atoms with Gasteiger partial charge in [-0.1, -0.05) is 44.0 Å². The first kappa shape index (κ1) is 24.1. The first-order valence-corrected chi connectivity index (χ1v) is 12.0. The Hall–Kier alpha value is -2.50. The van der Waals surface area contributed by atoms with E-state index in [1.807, 2.05) is 19.1 Å². The molecule has 1 aliphatic carbocycles. The number of aryl methyl sites for hydroxylation is 3. The number of Topliss-reactive ketones (excluding diaryl/α,β-unsaturated/α-hetero) is 1. The Morgan fingerprint density at radius 2 is 1.91 bits per heavy atom. The summed E-state index contributed by atoms with van der Waals surface area (Å²) in [5.41, 5.74) is 3.38. The molecule has 1 saturated carbocycles.